The molecule has 1 atom stereocenters. The summed E-state index contributed by atoms with van der Waals surface area (Å²) >= 11 is 0. The van der Waals surface area contributed by atoms with Crippen LogP contribution in [-0.4, -0.2) is 53.2 Å². The number of aliphatic carboxylic acids is 1. The van der Waals surface area contributed by atoms with Gasteiger partial charge in [-0.3, -0.25) is 9.59 Å². The standard InChI is InChI=1S/C16H28N2O5/c1-5-17-13(19)10-12(14(20)21)11-6-8-18(9-7-11)15(22)23-16(2,3)4/h11-12H,5-10H2,1-4H3,(H,17,19)(H,20,21). The molecule has 2 N–H and O–H groups in total. The number of nitrogens with zero attached hydrogens (tertiary/aromatic N) is 1. The van der Waals surface area contributed by atoms with Crippen molar-refractivity contribution in [1.82, 2.24) is 10.2 Å². The third kappa shape index (κ3) is 6.46. The molecule has 2 amide bonds. The number of likely N-dealkylation sites (tertiary alicyclic amines) is 1. The molecule has 0 spiro atoms. The summed E-state index contributed by atoms with van der Waals surface area (Å²) in [5.74, 6) is -2.00. The summed E-state index contributed by atoms with van der Waals surface area (Å²) in [4.78, 5) is 36.7. The number of amides is 2. The Morgan fingerprint density at radius 3 is 2.26 bits per heavy atom. The Morgan fingerprint density at radius 1 is 1.26 bits per heavy atom. The van der Waals surface area contributed by atoms with Gasteiger partial charge in [-0.05, 0) is 46.5 Å². The largest absolute Gasteiger partial charge is 0.481 e. The van der Waals surface area contributed by atoms with E-state index in [0.29, 0.717) is 32.5 Å². The molecule has 7 nitrogen and oxygen atoms in total. The van der Waals surface area contributed by atoms with Gasteiger partial charge in [0.25, 0.3) is 0 Å². The molecule has 1 unspecified atom stereocenters. The first kappa shape index (κ1) is 19.3. The van der Waals surface area contributed by atoms with Crippen molar-refractivity contribution in [2.75, 3.05) is 19.6 Å². The lowest BCUT2D eigenvalue weighted by molar-refractivity contribution is -0.146. The molecule has 1 fully saturated rings. The second-order valence-electron chi connectivity index (χ2n) is 6.91. The number of carbonyl (C=O) groups is 3. The zero-order chi connectivity index (χ0) is 17.6. The summed E-state index contributed by atoms with van der Waals surface area (Å²) in [5.41, 5.74) is -0.546. The molecule has 1 saturated heterocycles. The number of ether oxygens (including phenoxy) is 1. The number of piperidine rings is 1. The lowest BCUT2D eigenvalue weighted by atomic mass is 9.82. The maximum Gasteiger partial charge on any atom is 0.410 e. The third-order valence-corrected chi connectivity index (χ3v) is 3.86. The van der Waals surface area contributed by atoms with Crippen LogP contribution in [-0.2, 0) is 14.3 Å². The number of carboxylic acids is 1. The van der Waals surface area contributed by atoms with Gasteiger partial charge in [-0.15, -0.1) is 0 Å². The van der Waals surface area contributed by atoms with Gasteiger partial charge in [-0.1, -0.05) is 0 Å². The van der Waals surface area contributed by atoms with E-state index >= 15 is 0 Å². The molecule has 1 aliphatic heterocycles. The van der Waals surface area contributed by atoms with Gasteiger partial charge in [0.05, 0.1) is 5.92 Å². The Hall–Kier alpha value is -1.79. The van der Waals surface area contributed by atoms with Crippen LogP contribution >= 0.6 is 0 Å². The van der Waals surface area contributed by atoms with Crippen molar-refractivity contribution in [1.29, 1.82) is 0 Å². The molecule has 1 rings (SSSR count). The Bertz CT molecular complexity index is 436. The molecule has 0 radical (unpaired) electrons. The molecular formula is C16H28N2O5. The fourth-order valence-electron chi connectivity index (χ4n) is 2.74. The van der Waals surface area contributed by atoms with Crippen LogP contribution in [0.3, 0.4) is 0 Å². The predicted molar refractivity (Wildman–Crippen MR) is 85.0 cm³/mol. The predicted octanol–water partition coefficient (Wildman–Crippen LogP) is 1.86. The molecule has 0 aliphatic carbocycles. The fraction of sp³-hybridized carbons (Fsp3) is 0.812. The molecular weight excluding hydrogens is 300 g/mol. The van der Waals surface area contributed by atoms with Crippen LogP contribution < -0.4 is 5.32 Å². The zero-order valence-corrected chi connectivity index (χ0v) is 14.4. The first-order chi connectivity index (χ1) is 10.6. The van der Waals surface area contributed by atoms with Gasteiger partial charge < -0.3 is 20.1 Å². The van der Waals surface area contributed by atoms with Crippen molar-refractivity contribution in [3.8, 4) is 0 Å². The van der Waals surface area contributed by atoms with Crippen LogP contribution in [0.4, 0.5) is 4.79 Å². The van der Waals surface area contributed by atoms with E-state index in [4.69, 9.17) is 4.74 Å². The monoisotopic (exact) mass is 328 g/mol. The van der Waals surface area contributed by atoms with E-state index in [2.05, 4.69) is 5.32 Å². The first-order valence-electron chi connectivity index (χ1n) is 8.11. The Kier molecular flexibility index (Phi) is 6.84. The summed E-state index contributed by atoms with van der Waals surface area (Å²) in [6, 6.07) is 0. The minimum absolute atomic E-state index is 0.0136. The van der Waals surface area contributed by atoms with Gasteiger partial charge in [-0.2, -0.15) is 0 Å². The molecule has 0 saturated carbocycles. The summed E-state index contributed by atoms with van der Waals surface area (Å²) in [7, 11) is 0. The van der Waals surface area contributed by atoms with Gasteiger partial charge in [0.1, 0.15) is 5.60 Å². The fourth-order valence-corrected chi connectivity index (χ4v) is 2.74. The molecule has 1 heterocycles. The first-order valence-corrected chi connectivity index (χ1v) is 8.11. The van der Waals surface area contributed by atoms with Crippen molar-refractivity contribution in [3.05, 3.63) is 0 Å². The molecule has 7 heteroatoms. The van der Waals surface area contributed by atoms with Crippen molar-refractivity contribution in [2.45, 2.75) is 52.6 Å². The highest BCUT2D eigenvalue weighted by atomic mass is 16.6. The van der Waals surface area contributed by atoms with E-state index in [0.717, 1.165) is 0 Å². The van der Waals surface area contributed by atoms with E-state index < -0.39 is 17.5 Å². The summed E-state index contributed by atoms with van der Waals surface area (Å²) < 4.78 is 5.32. The molecule has 1 aliphatic rings. The van der Waals surface area contributed by atoms with Gasteiger partial charge in [0.2, 0.25) is 5.91 Å². The third-order valence-electron chi connectivity index (χ3n) is 3.86. The Balaban J connectivity index is 2.56. The summed E-state index contributed by atoms with van der Waals surface area (Å²) in [5, 5.41) is 12.0. The summed E-state index contributed by atoms with van der Waals surface area (Å²) in [6.45, 7) is 8.63. The lowest BCUT2D eigenvalue weighted by Crippen LogP contribution is -2.44. The second-order valence-corrected chi connectivity index (χ2v) is 6.91. The minimum Gasteiger partial charge on any atom is -0.481 e. The highest BCUT2D eigenvalue weighted by Crippen LogP contribution is 2.28. The minimum atomic E-state index is -0.952. The Morgan fingerprint density at radius 2 is 1.83 bits per heavy atom. The Labute approximate surface area is 137 Å². The van der Waals surface area contributed by atoms with Gasteiger partial charge in [-0.25, -0.2) is 4.79 Å². The molecule has 0 aromatic rings. The molecule has 0 bridgehead atoms. The van der Waals surface area contributed by atoms with Crippen LogP contribution in [0.15, 0.2) is 0 Å². The average Bonchev–Trinajstić information content (AvgIpc) is 2.43. The van der Waals surface area contributed by atoms with Gasteiger partial charge in [0, 0.05) is 26.1 Å². The number of rotatable bonds is 5. The van der Waals surface area contributed by atoms with Crippen LogP contribution in [0.2, 0.25) is 0 Å². The van der Waals surface area contributed by atoms with Crippen molar-refractivity contribution < 1.29 is 24.2 Å². The SMILES string of the molecule is CCNC(=O)CC(C(=O)O)C1CCN(C(=O)OC(C)(C)C)CC1. The maximum absolute atomic E-state index is 12.0. The highest BCUT2D eigenvalue weighted by Gasteiger charge is 2.35. The number of hydrogen-bond acceptors (Lipinski definition) is 4. The van der Waals surface area contributed by atoms with Crippen molar-refractivity contribution in [3.63, 3.8) is 0 Å². The number of carbonyl (C=O) groups excluding carboxylic acids is 2. The molecule has 0 aromatic heterocycles. The number of hydrogen-bond donors (Lipinski definition) is 2. The smallest absolute Gasteiger partial charge is 0.410 e. The normalized spacial score (nSPS) is 17.5. The van der Waals surface area contributed by atoms with Crippen molar-refractivity contribution in [2.24, 2.45) is 11.8 Å². The van der Waals surface area contributed by atoms with E-state index in [1.807, 2.05) is 20.8 Å². The topological polar surface area (TPSA) is 95.9 Å². The zero-order valence-electron chi connectivity index (χ0n) is 14.4. The van der Waals surface area contributed by atoms with E-state index in [1.54, 1.807) is 11.8 Å². The number of nitrogens with one attached hydrogen (secondary N) is 1. The van der Waals surface area contributed by atoms with Crippen LogP contribution in [0, 0.1) is 11.8 Å². The molecule has 23 heavy (non-hydrogen) atoms. The van der Waals surface area contributed by atoms with E-state index in [1.165, 1.54) is 0 Å². The van der Waals surface area contributed by atoms with Gasteiger partial charge >= 0.3 is 12.1 Å². The number of carboxylic acid groups (broad SMARTS) is 1. The van der Waals surface area contributed by atoms with Crippen molar-refractivity contribution >= 4 is 18.0 Å². The van der Waals surface area contributed by atoms with E-state index in [9.17, 15) is 19.5 Å². The molecule has 132 valence electrons. The highest BCUT2D eigenvalue weighted by molar-refractivity contribution is 5.82. The van der Waals surface area contributed by atoms with Crippen LogP contribution in [0.25, 0.3) is 0 Å². The molecule has 0 aromatic carbocycles. The van der Waals surface area contributed by atoms with Crippen LogP contribution in [0.1, 0.15) is 47.0 Å². The quantitative estimate of drug-likeness (QED) is 0.803. The lowest BCUT2D eigenvalue weighted by Gasteiger charge is -2.35. The second kappa shape index (κ2) is 8.17. The van der Waals surface area contributed by atoms with Gasteiger partial charge in [0.15, 0.2) is 0 Å². The summed E-state index contributed by atoms with van der Waals surface area (Å²) in [6.07, 6.45) is 0.748. The maximum atomic E-state index is 12.0. The van der Waals surface area contributed by atoms with E-state index in [-0.39, 0.29) is 24.3 Å². The van der Waals surface area contributed by atoms with Crippen LogP contribution in [0.5, 0.6) is 0 Å². The average molecular weight is 328 g/mol.